The second-order valence-corrected chi connectivity index (χ2v) is 11.3. The molecule has 1 aliphatic heterocycles. The van der Waals surface area contributed by atoms with Crippen LogP contribution in [0, 0.1) is 18.8 Å². The summed E-state index contributed by atoms with van der Waals surface area (Å²) in [4.78, 5) is 14.0. The van der Waals surface area contributed by atoms with Crippen LogP contribution in [0.25, 0.3) is 0 Å². The van der Waals surface area contributed by atoms with Crippen molar-refractivity contribution in [1.82, 2.24) is 9.47 Å². The van der Waals surface area contributed by atoms with Gasteiger partial charge in [0, 0.05) is 37.7 Å². The van der Waals surface area contributed by atoms with Gasteiger partial charge in [0.25, 0.3) is 0 Å². The summed E-state index contributed by atoms with van der Waals surface area (Å²) in [7, 11) is 0. The zero-order valence-electron chi connectivity index (χ0n) is 23.4. The molecule has 1 saturated carbocycles. The van der Waals surface area contributed by atoms with Gasteiger partial charge in [-0.2, -0.15) is 0 Å². The predicted octanol–water partition coefficient (Wildman–Crippen LogP) is 5.68. The molecule has 8 nitrogen and oxygen atoms in total. The standard InChI is InChI=1S/C32H40N2O6/c1-21-17-24(5-9-28(21)40-16-14-34-30(35)11-12-31(34)36)20-33(19-23-3-6-25(7-4-23)32(37)38)22(2)26-8-10-29-27(18-26)13-15-39-29/h5,8-12,17-18,22-23,25,35-36H,3-4,6-7,13-16,19-20H2,1-2H3,(H,37,38). The van der Waals surface area contributed by atoms with E-state index in [0.29, 0.717) is 19.1 Å². The average molecular weight is 549 g/mol. The molecule has 0 radical (unpaired) electrons. The van der Waals surface area contributed by atoms with Crippen LogP contribution in [0.4, 0.5) is 0 Å². The van der Waals surface area contributed by atoms with Gasteiger partial charge in [-0.3, -0.25) is 14.3 Å². The first-order chi connectivity index (χ1) is 19.3. The van der Waals surface area contributed by atoms with Gasteiger partial charge in [0.2, 0.25) is 0 Å². The van der Waals surface area contributed by atoms with Crippen molar-refractivity contribution in [2.75, 3.05) is 19.8 Å². The summed E-state index contributed by atoms with van der Waals surface area (Å²) in [5, 5.41) is 29.1. The molecule has 0 spiro atoms. The van der Waals surface area contributed by atoms with E-state index in [1.165, 1.54) is 33.4 Å². The third-order valence-electron chi connectivity index (χ3n) is 8.56. The Morgan fingerprint density at radius 1 is 1.07 bits per heavy atom. The van der Waals surface area contributed by atoms with E-state index < -0.39 is 5.97 Å². The lowest BCUT2D eigenvalue weighted by atomic mass is 9.81. The Kier molecular flexibility index (Phi) is 8.54. The van der Waals surface area contributed by atoms with Gasteiger partial charge in [0.15, 0.2) is 11.8 Å². The first-order valence-corrected chi connectivity index (χ1v) is 14.3. The fraction of sp³-hybridized carbons (Fsp3) is 0.469. The highest BCUT2D eigenvalue weighted by atomic mass is 16.5. The molecule has 0 amide bonds. The van der Waals surface area contributed by atoms with E-state index in [0.717, 1.165) is 68.9 Å². The van der Waals surface area contributed by atoms with Gasteiger partial charge in [0.1, 0.15) is 18.1 Å². The number of hydrogen-bond donors (Lipinski definition) is 3. The molecular weight excluding hydrogens is 508 g/mol. The number of carboxylic acid groups (broad SMARTS) is 1. The topological polar surface area (TPSA) is 104 Å². The van der Waals surface area contributed by atoms with E-state index >= 15 is 0 Å². The van der Waals surface area contributed by atoms with E-state index in [4.69, 9.17) is 9.47 Å². The van der Waals surface area contributed by atoms with E-state index in [-0.39, 0.29) is 23.7 Å². The molecule has 1 unspecified atom stereocenters. The van der Waals surface area contributed by atoms with Crippen LogP contribution in [-0.4, -0.2) is 50.5 Å². The fourth-order valence-electron chi connectivity index (χ4n) is 6.09. The van der Waals surface area contributed by atoms with Crippen LogP contribution in [0.3, 0.4) is 0 Å². The molecule has 1 fully saturated rings. The van der Waals surface area contributed by atoms with E-state index in [1.807, 2.05) is 13.0 Å². The lowest BCUT2D eigenvalue weighted by Crippen LogP contribution is -2.34. The van der Waals surface area contributed by atoms with Gasteiger partial charge < -0.3 is 24.8 Å². The summed E-state index contributed by atoms with van der Waals surface area (Å²) in [5.74, 6) is 1.39. The number of aromatic nitrogens is 1. The van der Waals surface area contributed by atoms with Crippen molar-refractivity contribution < 1.29 is 29.6 Å². The summed E-state index contributed by atoms with van der Waals surface area (Å²) in [5.41, 5.74) is 4.77. The summed E-state index contributed by atoms with van der Waals surface area (Å²) < 4.78 is 13.1. The van der Waals surface area contributed by atoms with Crippen LogP contribution >= 0.6 is 0 Å². The quantitative estimate of drug-likeness (QED) is 0.283. The Labute approximate surface area is 235 Å². The Bertz CT molecular complexity index is 1310. The molecule has 214 valence electrons. The van der Waals surface area contributed by atoms with Crippen molar-refractivity contribution in [3.05, 3.63) is 70.8 Å². The van der Waals surface area contributed by atoms with Crippen LogP contribution in [0.2, 0.25) is 0 Å². The average Bonchev–Trinajstić information content (AvgIpc) is 3.55. The lowest BCUT2D eigenvalue weighted by Gasteiger charge is -2.35. The molecular formula is C32H40N2O6. The van der Waals surface area contributed by atoms with E-state index in [9.17, 15) is 20.1 Å². The number of aliphatic carboxylic acids is 1. The number of aromatic hydroxyl groups is 2. The number of nitrogens with zero attached hydrogens (tertiary/aromatic N) is 2. The Hall–Kier alpha value is -3.65. The van der Waals surface area contributed by atoms with Gasteiger partial charge >= 0.3 is 5.97 Å². The molecule has 8 heteroatoms. The second kappa shape index (κ2) is 12.3. The number of hydrogen-bond acceptors (Lipinski definition) is 6. The summed E-state index contributed by atoms with van der Waals surface area (Å²) >= 11 is 0. The van der Waals surface area contributed by atoms with Gasteiger partial charge in [-0.15, -0.1) is 0 Å². The normalized spacial score (nSPS) is 19.3. The van der Waals surface area contributed by atoms with Crippen LogP contribution in [-0.2, 0) is 24.3 Å². The number of aryl methyl sites for hydroxylation is 1. The highest BCUT2D eigenvalue weighted by Crippen LogP contribution is 2.35. The number of ether oxygens (including phenoxy) is 2. The molecule has 1 aliphatic carbocycles. The molecule has 2 aromatic carbocycles. The molecule has 5 rings (SSSR count). The van der Waals surface area contributed by atoms with Crippen LogP contribution < -0.4 is 9.47 Å². The summed E-state index contributed by atoms with van der Waals surface area (Å²) in [6, 6.07) is 15.9. The number of rotatable bonds is 11. The zero-order valence-corrected chi connectivity index (χ0v) is 23.4. The number of carbonyl (C=O) groups is 1. The van der Waals surface area contributed by atoms with Crippen molar-refractivity contribution >= 4 is 5.97 Å². The van der Waals surface area contributed by atoms with Gasteiger partial charge in [-0.05, 0) is 79.8 Å². The maximum atomic E-state index is 11.5. The van der Waals surface area contributed by atoms with E-state index in [1.54, 1.807) is 0 Å². The largest absolute Gasteiger partial charge is 0.494 e. The first kappa shape index (κ1) is 27.9. The third-order valence-corrected chi connectivity index (χ3v) is 8.56. The Morgan fingerprint density at radius 3 is 2.52 bits per heavy atom. The SMILES string of the molecule is Cc1cc(CN(CC2CCC(C(=O)O)CC2)C(C)c2ccc3c(c2)CCO3)ccc1OCCn1c(O)ccc1O. The highest BCUT2D eigenvalue weighted by molar-refractivity contribution is 5.70. The van der Waals surface area contributed by atoms with E-state index in [2.05, 4.69) is 42.2 Å². The van der Waals surface area contributed by atoms with Crippen LogP contribution in [0.1, 0.15) is 60.9 Å². The van der Waals surface area contributed by atoms with Gasteiger partial charge in [-0.25, -0.2) is 0 Å². The number of benzene rings is 2. The summed E-state index contributed by atoms with van der Waals surface area (Å²) in [6.07, 6.45) is 4.33. The monoisotopic (exact) mass is 548 g/mol. The first-order valence-electron chi connectivity index (χ1n) is 14.3. The van der Waals surface area contributed by atoms with Gasteiger partial charge in [-0.1, -0.05) is 24.3 Å². The van der Waals surface area contributed by atoms with Crippen LogP contribution in [0.15, 0.2) is 48.5 Å². The number of carboxylic acids is 1. The van der Waals surface area contributed by atoms with Gasteiger partial charge in [0.05, 0.1) is 19.1 Å². The summed E-state index contributed by atoms with van der Waals surface area (Å²) in [6.45, 7) is 7.39. The van der Waals surface area contributed by atoms with Crippen molar-refractivity contribution in [2.24, 2.45) is 11.8 Å². The molecule has 3 aromatic rings. The van der Waals surface area contributed by atoms with Crippen molar-refractivity contribution in [3.8, 4) is 23.3 Å². The Balaban J connectivity index is 1.28. The number of fused-ring (bicyclic) bond motifs is 1. The molecule has 1 aromatic heterocycles. The third kappa shape index (κ3) is 6.39. The maximum Gasteiger partial charge on any atom is 0.306 e. The minimum atomic E-state index is -0.663. The molecule has 0 saturated heterocycles. The molecule has 1 atom stereocenters. The zero-order chi connectivity index (χ0) is 28.2. The molecule has 2 aliphatic rings. The smallest absolute Gasteiger partial charge is 0.306 e. The lowest BCUT2D eigenvalue weighted by molar-refractivity contribution is -0.143. The van der Waals surface area contributed by atoms with Crippen molar-refractivity contribution in [3.63, 3.8) is 0 Å². The highest BCUT2D eigenvalue weighted by Gasteiger charge is 2.29. The Morgan fingerprint density at radius 2 is 1.82 bits per heavy atom. The predicted molar refractivity (Wildman–Crippen MR) is 152 cm³/mol. The second-order valence-electron chi connectivity index (χ2n) is 11.3. The molecule has 40 heavy (non-hydrogen) atoms. The van der Waals surface area contributed by atoms with Crippen molar-refractivity contribution in [1.29, 1.82) is 0 Å². The molecule has 2 heterocycles. The van der Waals surface area contributed by atoms with Crippen molar-refractivity contribution in [2.45, 2.75) is 65.1 Å². The fourth-order valence-corrected chi connectivity index (χ4v) is 6.09. The minimum Gasteiger partial charge on any atom is -0.494 e. The maximum absolute atomic E-state index is 11.5. The van der Waals surface area contributed by atoms with Crippen LogP contribution in [0.5, 0.6) is 23.3 Å². The molecule has 3 N–H and O–H groups in total. The molecule has 0 bridgehead atoms. The minimum absolute atomic E-state index is 0.00900.